The van der Waals surface area contributed by atoms with Crippen molar-refractivity contribution in [2.24, 2.45) is 5.73 Å². The van der Waals surface area contributed by atoms with Crippen LogP contribution in [0.5, 0.6) is 0 Å². The number of nitrogens with zero attached hydrogens (tertiary/aromatic N) is 3. The zero-order valence-corrected chi connectivity index (χ0v) is 14.7. The molecule has 0 bridgehead atoms. The van der Waals surface area contributed by atoms with Crippen LogP contribution in [0.4, 0.5) is 0 Å². The van der Waals surface area contributed by atoms with Crippen molar-refractivity contribution in [3.63, 3.8) is 0 Å². The van der Waals surface area contributed by atoms with E-state index in [0.29, 0.717) is 6.04 Å². The number of aromatic nitrogens is 2. The second-order valence-electron chi connectivity index (χ2n) is 6.60. The molecule has 1 unspecified atom stereocenters. The van der Waals surface area contributed by atoms with Gasteiger partial charge in [-0.05, 0) is 69.6 Å². The lowest BCUT2D eigenvalue weighted by atomic mass is 9.88. The number of halogens is 1. The van der Waals surface area contributed by atoms with Crippen molar-refractivity contribution in [3.8, 4) is 0 Å². The number of piperidine rings is 1. The quantitative estimate of drug-likeness (QED) is 0.910. The van der Waals surface area contributed by atoms with Crippen LogP contribution in [0.2, 0.25) is 0 Å². The Morgan fingerprint density at radius 1 is 1.25 bits per heavy atom. The smallest absolute Gasteiger partial charge is 0.0715 e. The fourth-order valence-corrected chi connectivity index (χ4v) is 3.57. The molecule has 20 heavy (non-hydrogen) atoms. The molecule has 1 aliphatic rings. The SMILES string of the molecule is CC(C)n1ncc(Br)c1C(N)C(C)(C)N1CCCCC1. The van der Waals surface area contributed by atoms with Gasteiger partial charge in [-0.3, -0.25) is 9.58 Å². The van der Waals surface area contributed by atoms with Crippen molar-refractivity contribution in [2.45, 2.75) is 64.6 Å². The lowest BCUT2D eigenvalue weighted by molar-refractivity contribution is 0.0698. The summed E-state index contributed by atoms with van der Waals surface area (Å²) in [6.07, 6.45) is 5.76. The zero-order chi connectivity index (χ0) is 14.9. The number of hydrogen-bond donors (Lipinski definition) is 1. The molecule has 1 atom stereocenters. The van der Waals surface area contributed by atoms with Crippen LogP contribution < -0.4 is 5.73 Å². The van der Waals surface area contributed by atoms with Crippen LogP contribution in [0, 0.1) is 0 Å². The maximum absolute atomic E-state index is 6.66. The summed E-state index contributed by atoms with van der Waals surface area (Å²) in [7, 11) is 0. The molecule has 5 heteroatoms. The van der Waals surface area contributed by atoms with Gasteiger partial charge in [-0.25, -0.2) is 0 Å². The third-order valence-corrected chi connectivity index (χ3v) is 5.11. The van der Waals surface area contributed by atoms with E-state index in [4.69, 9.17) is 5.73 Å². The molecule has 2 N–H and O–H groups in total. The Hall–Kier alpha value is -0.390. The Morgan fingerprint density at radius 2 is 1.85 bits per heavy atom. The highest BCUT2D eigenvalue weighted by atomic mass is 79.9. The Morgan fingerprint density at radius 3 is 2.40 bits per heavy atom. The fraction of sp³-hybridized carbons (Fsp3) is 0.800. The predicted octanol–water partition coefficient (Wildman–Crippen LogP) is 3.49. The highest BCUT2D eigenvalue weighted by molar-refractivity contribution is 9.10. The van der Waals surface area contributed by atoms with Crippen molar-refractivity contribution in [1.82, 2.24) is 14.7 Å². The lowest BCUT2D eigenvalue weighted by Crippen LogP contribution is -2.53. The third-order valence-electron chi connectivity index (χ3n) is 4.50. The minimum Gasteiger partial charge on any atom is -0.321 e. The summed E-state index contributed by atoms with van der Waals surface area (Å²) in [6, 6.07) is 0.263. The van der Waals surface area contributed by atoms with Gasteiger partial charge < -0.3 is 5.73 Å². The van der Waals surface area contributed by atoms with Crippen molar-refractivity contribution in [2.75, 3.05) is 13.1 Å². The van der Waals surface area contributed by atoms with Crippen LogP contribution in [0.15, 0.2) is 10.7 Å². The summed E-state index contributed by atoms with van der Waals surface area (Å²) < 4.78 is 3.06. The first-order valence-corrected chi connectivity index (χ1v) is 8.38. The van der Waals surface area contributed by atoms with E-state index in [1.807, 2.05) is 10.9 Å². The molecular formula is C15H27BrN4. The second kappa shape index (κ2) is 6.16. The molecule has 114 valence electrons. The van der Waals surface area contributed by atoms with Crippen LogP contribution >= 0.6 is 15.9 Å². The standard InChI is InChI=1S/C15H27BrN4/c1-11(2)20-13(12(16)10-18-20)14(17)15(3,4)19-8-6-5-7-9-19/h10-11,14H,5-9,17H2,1-4H3. The Balaban J connectivity index is 2.29. The van der Waals surface area contributed by atoms with Gasteiger partial charge in [0.15, 0.2) is 0 Å². The van der Waals surface area contributed by atoms with Crippen LogP contribution in [-0.4, -0.2) is 33.3 Å². The Kier molecular flexibility index (Phi) is 4.92. The van der Waals surface area contributed by atoms with Crippen molar-refractivity contribution in [1.29, 1.82) is 0 Å². The largest absolute Gasteiger partial charge is 0.321 e. The summed E-state index contributed by atoms with van der Waals surface area (Å²) in [4.78, 5) is 2.53. The van der Waals surface area contributed by atoms with E-state index in [-0.39, 0.29) is 11.6 Å². The third kappa shape index (κ3) is 2.95. The first kappa shape index (κ1) is 16.0. The maximum Gasteiger partial charge on any atom is 0.0715 e. The molecule has 0 saturated carbocycles. The van der Waals surface area contributed by atoms with E-state index in [2.05, 4.69) is 53.6 Å². The van der Waals surface area contributed by atoms with Crippen molar-refractivity contribution in [3.05, 3.63) is 16.4 Å². The number of rotatable bonds is 4. The number of likely N-dealkylation sites (tertiary alicyclic amines) is 1. The van der Waals surface area contributed by atoms with Gasteiger partial charge in [-0.2, -0.15) is 5.10 Å². The summed E-state index contributed by atoms with van der Waals surface area (Å²) >= 11 is 3.62. The predicted molar refractivity (Wildman–Crippen MR) is 86.7 cm³/mol. The molecule has 4 nitrogen and oxygen atoms in total. The number of nitrogens with two attached hydrogens (primary N) is 1. The van der Waals surface area contributed by atoms with E-state index in [1.54, 1.807) is 0 Å². The average Bonchev–Trinajstić information content (AvgIpc) is 2.80. The van der Waals surface area contributed by atoms with E-state index in [1.165, 1.54) is 19.3 Å². The molecular weight excluding hydrogens is 316 g/mol. The summed E-state index contributed by atoms with van der Waals surface area (Å²) in [5, 5.41) is 4.47. The van der Waals surface area contributed by atoms with Crippen LogP contribution in [0.25, 0.3) is 0 Å². The summed E-state index contributed by atoms with van der Waals surface area (Å²) in [6.45, 7) is 11.1. The van der Waals surface area contributed by atoms with Gasteiger partial charge in [0.25, 0.3) is 0 Å². The van der Waals surface area contributed by atoms with Gasteiger partial charge in [0.1, 0.15) is 0 Å². The molecule has 0 aliphatic carbocycles. The monoisotopic (exact) mass is 342 g/mol. The zero-order valence-electron chi connectivity index (χ0n) is 13.1. The van der Waals surface area contributed by atoms with Gasteiger partial charge in [0.05, 0.1) is 22.4 Å². The second-order valence-corrected chi connectivity index (χ2v) is 7.45. The van der Waals surface area contributed by atoms with Gasteiger partial charge in [-0.1, -0.05) is 6.42 Å². The molecule has 0 aromatic carbocycles. The first-order valence-electron chi connectivity index (χ1n) is 7.59. The molecule has 1 fully saturated rings. The molecule has 0 spiro atoms. The van der Waals surface area contributed by atoms with Crippen LogP contribution in [0.3, 0.4) is 0 Å². The lowest BCUT2D eigenvalue weighted by Gasteiger charge is -2.45. The first-order chi connectivity index (χ1) is 9.35. The molecule has 2 heterocycles. The topological polar surface area (TPSA) is 47.1 Å². The fourth-order valence-electron chi connectivity index (χ4n) is 3.05. The minimum atomic E-state index is -0.0599. The molecule has 1 aliphatic heterocycles. The van der Waals surface area contributed by atoms with E-state index < -0.39 is 0 Å². The highest BCUT2D eigenvalue weighted by Gasteiger charge is 2.37. The Bertz CT molecular complexity index is 447. The Labute approximate surface area is 130 Å². The van der Waals surface area contributed by atoms with E-state index in [0.717, 1.165) is 23.3 Å². The highest BCUT2D eigenvalue weighted by Crippen LogP contribution is 2.35. The molecule has 1 aromatic heterocycles. The summed E-state index contributed by atoms with van der Waals surface area (Å²) in [5.41, 5.74) is 7.70. The van der Waals surface area contributed by atoms with Gasteiger partial charge in [-0.15, -0.1) is 0 Å². The minimum absolute atomic E-state index is 0.0557. The molecule has 1 saturated heterocycles. The molecule has 0 radical (unpaired) electrons. The normalized spacial score (nSPS) is 19.6. The van der Waals surface area contributed by atoms with Crippen LogP contribution in [-0.2, 0) is 0 Å². The van der Waals surface area contributed by atoms with E-state index >= 15 is 0 Å². The maximum atomic E-state index is 6.66. The van der Waals surface area contributed by atoms with Crippen LogP contribution in [0.1, 0.15) is 64.7 Å². The number of hydrogen-bond acceptors (Lipinski definition) is 3. The van der Waals surface area contributed by atoms with Gasteiger partial charge in [0.2, 0.25) is 0 Å². The van der Waals surface area contributed by atoms with Crippen molar-refractivity contribution < 1.29 is 0 Å². The van der Waals surface area contributed by atoms with Gasteiger partial charge in [0, 0.05) is 11.6 Å². The average molecular weight is 343 g/mol. The summed E-state index contributed by atoms with van der Waals surface area (Å²) in [5.74, 6) is 0. The molecule has 2 rings (SSSR count). The van der Waals surface area contributed by atoms with Gasteiger partial charge >= 0.3 is 0 Å². The molecule has 0 amide bonds. The van der Waals surface area contributed by atoms with E-state index in [9.17, 15) is 0 Å². The molecule has 1 aromatic rings. The van der Waals surface area contributed by atoms with Crippen molar-refractivity contribution >= 4 is 15.9 Å².